The van der Waals surface area contributed by atoms with Crippen molar-refractivity contribution in [2.45, 2.75) is 83.1 Å². The summed E-state index contributed by atoms with van der Waals surface area (Å²) in [6.07, 6.45) is 9.31. The Bertz CT molecular complexity index is 1040. The first-order valence-corrected chi connectivity index (χ1v) is 13.2. The summed E-state index contributed by atoms with van der Waals surface area (Å²) in [5, 5.41) is 6.26. The maximum atomic E-state index is 13.8. The van der Waals surface area contributed by atoms with Gasteiger partial charge in [0, 0.05) is 18.3 Å². The van der Waals surface area contributed by atoms with E-state index >= 15 is 0 Å². The van der Waals surface area contributed by atoms with Crippen molar-refractivity contribution < 1.29 is 19.1 Å². The predicted octanol–water partition coefficient (Wildman–Crippen LogP) is 3.58. The van der Waals surface area contributed by atoms with Gasteiger partial charge in [0.05, 0.1) is 17.9 Å². The standard InChI is InChI=1S/C28H37N3O4/c1-4-5-15-31-24(26(33)30-20-12-7-6-10-18(20)3)28-14-13-21(35-28)22(23(28)27(31)34)25(32)29-19-11-8-9-17(2)16-19/h8-9,11,13-14,16,18,20-24H,4-7,10,12,15H2,1-3H3,(H,29,32)(H,30,33)/t18-,20+,21-,22-,23-,24+,28+/m1/s1. The zero-order valence-electron chi connectivity index (χ0n) is 21.0. The number of carbonyl (C=O) groups excluding carboxylic acids is 3. The lowest BCUT2D eigenvalue weighted by atomic mass is 9.74. The van der Waals surface area contributed by atoms with Crippen LogP contribution in [0.15, 0.2) is 36.4 Å². The van der Waals surface area contributed by atoms with Gasteiger partial charge in [0.25, 0.3) is 0 Å². The van der Waals surface area contributed by atoms with E-state index in [0.29, 0.717) is 18.2 Å². The lowest BCUT2D eigenvalue weighted by Crippen LogP contribution is -2.57. The molecule has 3 heterocycles. The molecule has 35 heavy (non-hydrogen) atoms. The van der Waals surface area contributed by atoms with Crippen LogP contribution in [0.2, 0.25) is 0 Å². The fraction of sp³-hybridized carbons (Fsp3) is 0.607. The molecule has 1 saturated carbocycles. The minimum Gasteiger partial charge on any atom is -0.359 e. The van der Waals surface area contributed by atoms with Crippen LogP contribution in [0.4, 0.5) is 5.69 Å². The Morgan fingerprint density at radius 1 is 1.20 bits per heavy atom. The van der Waals surface area contributed by atoms with Crippen LogP contribution in [-0.2, 0) is 19.1 Å². The topological polar surface area (TPSA) is 87.7 Å². The molecule has 2 N–H and O–H groups in total. The Hall–Kier alpha value is -2.67. The van der Waals surface area contributed by atoms with Crippen LogP contribution in [0.25, 0.3) is 0 Å². The number of likely N-dealkylation sites (tertiary alicyclic amines) is 1. The highest BCUT2D eigenvalue weighted by molar-refractivity contribution is 6.02. The van der Waals surface area contributed by atoms with E-state index in [4.69, 9.17) is 4.74 Å². The van der Waals surface area contributed by atoms with Gasteiger partial charge >= 0.3 is 0 Å². The molecule has 3 fully saturated rings. The normalized spacial score (nSPS) is 35.3. The van der Waals surface area contributed by atoms with Crippen molar-refractivity contribution in [3.8, 4) is 0 Å². The Kier molecular flexibility index (Phi) is 6.47. The monoisotopic (exact) mass is 479 g/mol. The molecule has 1 spiro atoms. The average Bonchev–Trinajstić information content (AvgIpc) is 3.46. The molecule has 3 amide bonds. The number of hydrogen-bond donors (Lipinski definition) is 2. The van der Waals surface area contributed by atoms with Crippen LogP contribution in [-0.4, -0.2) is 53.0 Å². The van der Waals surface area contributed by atoms with Gasteiger partial charge < -0.3 is 20.3 Å². The highest BCUT2D eigenvalue weighted by Gasteiger charge is 2.72. The molecule has 4 aliphatic rings. The number of benzene rings is 1. The fourth-order valence-corrected chi connectivity index (χ4v) is 6.58. The second-order valence-corrected chi connectivity index (χ2v) is 10.8. The maximum absolute atomic E-state index is 13.8. The zero-order valence-corrected chi connectivity index (χ0v) is 21.0. The molecule has 3 aliphatic heterocycles. The molecule has 2 saturated heterocycles. The summed E-state index contributed by atoms with van der Waals surface area (Å²) in [4.78, 5) is 42.8. The van der Waals surface area contributed by atoms with Crippen LogP contribution in [0.1, 0.15) is 57.9 Å². The molecule has 7 atom stereocenters. The van der Waals surface area contributed by atoms with Gasteiger partial charge in [-0.2, -0.15) is 0 Å². The Balaban J connectivity index is 1.43. The lowest BCUT2D eigenvalue weighted by Gasteiger charge is -2.36. The molecule has 0 aromatic heterocycles. The van der Waals surface area contributed by atoms with Crippen molar-refractivity contribution in [1.29, 1.82) is 0 Å². The van der Waals surface area contributed by atoms with E-state index in [9.17, 15) is 14.4 Å². The molecule has 188 valence electrons. The third kappa shape index (κ3) is 4.07. The lowest BCUT2D eigenvalue weighted by molar-refractivity contribution is -0.141. The van der Waals surface area contributed by atoms with Gasteiger partial charge in [0.1, 0.15) is 11.6 Å². The highest BCUT2D eigenvalue weighted by Crippen LogP contribution is 2.55. The van der Waals surface area contributed by atoms with Crippen LogP contribution >= 0.6 is 0 Å². The number of unbranched alkanes of at least 4 members (excludes halogenated alkanes) is 1. The summed E-state index contributed by atoms with van der Waals surface area (Å²) in [7, 11) is 0. The summed E-state index contributed by atoms with van der Waals surface area (Å²) in [5.74, 6) is -1.48. The summed E-state index contributed by atoms with van der Waals surface area (Å²) < 4.78 is 6.41. The molecule has 1 aromatic rings. The van der Waals surface area contributed by atoms with Crippen LogP contribution in [0, 0.1) is 24.7 Å². The third-order valence-corrected chi connectivity index (χ3v) is 8.40. The van der Waals surface area contributed by atoms with Gasteiger partial charge in [-0.15, -0.1) is 0 Å². The van der Waals surface area contributed by atoms with Crippen molar-refractivity contribution in [3.63, 3.8) is 0 Å². The summed E-state index contributed by atoms with van der Waals surface area (Å²) in [6.45, 7) is 6.71. The number of anilines is 1. The quantitative estimate of drug-likeness (QED) is 0.585. The van der Waals surface area contributed by atoms with Crippen molar-refractivity contribution in [2.75, 3.05) is 11.9 Å². The largest absolute Gasteiger partial charge is 0.359 e. The number of nitrogens with zero attached hydrogens (tertiary/aromatic N) is 1. The van der Waals surface area contributed by atoms with E-state index in [-0.39, 0.29) is 23.8 Å². The second kappa shape index (κ2) is 9.41. The zero-order chi connectivity index (χ0) is 24.7. The van der Waals surface area contributed by atoms with Gasteiger partial charge in [0.15, 0.2) is 0 Å². The van der Waals surface area contributed by atoms with Gasteiger partial charge in [0.2, 0.25) is 17.7 Å². The summed E-state index contributed by atoms with van der Waals surface area (Å²) >= 11 is 0. The minimum atomic E-state index is -1.09. The first-order valence-electron chi connectivity index (χ1n) is 13.2. The number of amides is 3. The molecule has 0 unspecified atom stereocenters. The number of hydrogen-bond acceptors (Lipinski definition) is 4. The SMILES string of the molecule is CCCCN1C(=O)[C@H]2[C@H](C(=O)Nc3cccc(C)c3)[C@H]3C=C[C@@]2(O3)[C@@H]1C(=O)N[C@H]1CCCC[C@H]1C. The van der Waals surface area contributed by atoms with E-state index in [1.54, 1.807) is 4.90 Å². The fourth-order valence-electron chi connectivity index (χ4n) is 6.58. The van der Waals surface area contributed by atoms with Crippen LogP contribution in [0.3, 0.4) is 0 Å². The maximum Gasteiger partial charge on any atom is 0.246 e. The molecule has 2 bridgehead atoms. The van der Waals surface area contributed by atoms with E-state index in [2.05, 4.69) is 24.5 Å². The molecule has 5 rings (SSSR count). The Morgan fingerprint density at radius 3 is 2.74 bits per heavy atom. The van der Waals surface area contributed by atoms with Crippen molar-refractivity contribution >= 4 is 23.4 Å². The second-order valence-electron chi connectivity index (χ2n) is 10.8. The van der Waals surface area contributed by atoms with Crippen molar-refractivity contribution in [2.24, 2.45) is 17.8 Å². The number of rotatable bonds is 7. The first-order chi connectivity index (χ1) is 16.9. The van der Waals surface area contributed by atoms with Gasteiger partial charge in [-0.3, -0.25) is 14.4 Å². The van der Waals surface area contributed by atoms with Gasteiger partial charge in [-0.05, 0) is 49.8 Å². The predicted molar refractivity (Wildman–Crippen MR) is 134 cm³/mol. The number of nitrogens with one attached hydrogen (secondary N) is 2. The number of fused-ring (bicyclic) bond motifs is 1. The van der Waals surface area contributed by atoms with E-state index in [1.807, 2.05) is 43.3 Å². The van der Waals surface area contributed by atoms with E-state index in [1.165, 1.54) is 6.42 Å². The minimum absolute atomic E-state index is 0.109. The number of aryl methyl sites for hydroxylation is 1. The molecule has 0 radical (unpaired) electrons. The molecule has 1 aliphatic carbocycles. The smallest absolute Gasteiger partial charge is 0.246 e. The molecular formula is C28H37N3O4. The van der Waals surface area contributed by atoms with Crippen LogP contribution in [0.5, 0.6) is 0 Å². The molecule has 7 nitrogen and oxygen atoms in total. The summed E-state index contributed by atoms with van der Waals surface area (Å²) in [6, 6.07) is 6.97. The molecule has 7 heteroatoms. The molecule has 1 aromatic carbocycles. The van der Waals surface area contributed by atoms with E-state index in [0.717, 1.165) is 37.7 Å². The van der Waals surface area contributed by atoms with Crippen molar-refractivity contribution in [3.05, 3.63) is 42.0 Å². The third-order valence-electron chi connectivity index (χ3n) is 8.40. The summed E-state index contributed by atoms with van der Waals surface area (Å²) in [5.41, 5.74) is 0.649. The number of carbonyl (C=O) groups is 3. The average molecular weight is 480 g/mol. The first kappa shape index (κ1) is 24.0. The molecular weight excluding hydrogens is 442 g/mol. The van der Waals surface area contributed by atoms with Gasteiger partial charge in [-0.1, -0.05) is 57.4 Å². The Labute approximate surface area is 207 Å². The van der Waals surface area contributed by atoms with Crippen LogP contribution < -0.4 is 10.6 Å². The van der Waals surface area contributed by atoms with Crippen molar-refractivity contribution in [1.82, 2.24) is 10.2 Å². The van der Waals surface area contributed by atoms with E-state index < -0.39 is 29.6 Å². The highest BCUT2D eigenvalue weighted by atomic mass is 16.5. The van der Waals surface area contributed by atoms with Gasteiger partial charge in [-0.25, -0.2) is 0 Å². The number of ether oxygens (including phenoxy) is 1. The Morgan fingerprint density at radius 2 is 2.00 bits per heavy atom.